The molecule has 0 amide bonds. The SMILES string of the molecule is COc1ccc(C=O)c(-c2ccc(C(=O)OC(C)(C)C)cc2)c1. The first-order valence-electron chi connectivity index (χ1n) is 7.31. The highest BCUT2D eigenvalue weighted by Gasteiger charge is 2.18. The zero-order valence-electron chi connectivity index (χ0n) is 13.8. The predicted molar refractivity (Wildman–Crippen MR) is 89.0 cm³/mol. The molecule has 4 nitrogen and oxygen atoms in total. The molecule has 120 valence electrons. The molecule has 2 rings (SSSR count). The number of benzene rings is 2. The van der Waals surface area contributed by atoms with Gasteiger partial charge in [-0.2, -0.15) is 0 Å². The van der Waals surface area contributed by atoms with Crippen LogP contribution in [0, 0.1) is 0 Å². The maximum absolute atomic E-state index is 12.0. The Bertz CT molecular complexity index is 709. The fourth-order valence-electron chi connectivity index (χ4n) is 2.14. The molecule has 0 aromatic heterocycles. The molecule has 0 unspecified atom stereocenters. The first-order valence-corrected chi connectivity index (χ1v) is 7.31. The second-order valence-corrected chi connectivity index (χ2v) is 6.15. The molecule has 0 saturated heterocycles. The van der Waals surface area contributed by atoms with Crippen LogP contribution in [0.2, 0.25) is 0 Å². The van der Waals surface area contributed by atoms with Gasteiger partial charge in [-0.05, 0) is 62.2 Å². The van der Waals surface area contributed by atoms with Crippen molar-refractivity contribution in [1.29, 1.82) is 0 Å². The fourth-order valence-corrected chi connectivity index (χ4v) is 2.14. The van der Waals surface area contributed by atoms with Crippen LogP contribution in [-0.2, 0) is 4.74 Å². The molecule has 0 saturated carbocycles. The molecule has 0 aliphatic carbocycles. The summed E-state index contributed by atoms with van der Waals surface area (Å²) in [5.41, 5.74) is 2.09. The number of aldehydes is 1. The molecule has 0 fully saturated rings. The third-order valence-electron chi connectivity index (χ3n) is 3.22. The molecule has 23 heavy (non-hydrogen) atoms. The minimum Gasteiger partial charge on any atom is -0.497 e. The van der Waals surface area contributed by atoms with E-state index in [9.17, 15) is 9.59 Å². The fraction of sp³-hybridized carbons (Fsp3) is 0.263. The zero-order chi connectivity index (χ0) is 17.0. The number of carbonyl (C=O) groups is 2. The number of rotatable bonds is 4. The van der Waals surface area contributed by atoms with E-state index in [0.29, 0.717) is 16.9 Å². The normalized spacial score (nSPS) is 11.0. The largest absolute Gasteiger partial charge is 0.497 e. The van der Waals surface area contributed by atoms with Gasteiger partial charge in [0, 0.05) is 5.56 Å². The van der Waals surface area contributed by atoms with E-state index in [4.69, 9.17) is 9.47 Å². The van der Waals surface area contributed by atoms with Gasteiger partial charge in [0.05, 0.1) is 12.7 Å². The van der Waals surface area contributed by atoms with E-state index in [1.165, 1.54) is 0 Å². The summed E-state index contributed by atoms with van der Waals surface area (Å²) in [6.07, 6.45) is 0.802. The summed E-state index contributed by atoms with van der Waals surface area (Å²) in [6, 6.07) is 12.2. The Balaban J connectivity index is 2.33. The van der Waals surface area contributed by atoms with Gasteiger partial charge < -0.3 is 9.47 Å². The molecule has 0 heterocycles. The molecular weight excluding hydrogens is 292 g/mol. The Morgan fingerprint density at radius 3 is 2.22 bits per heavy atom. The van der Waals surface area contributed by atoms with Gasteiger partial charge in [0.25, 0.3) is 0 Å². The van der Waals surface area contributed by atoms with Crippen LogP contribution in [0.5, 0.6) is 5.75 Å². The van der Waals surface area contributed by atoms with Crippen molar-refractivity contribution in [3.8, 4) is 16.9 Å². The Morgan fingerprint density at radius 2 is 1.70 bits per heavy atom. The minimum absolute atomic E-state index is 0.370. The van der Waals surface area contributed by atoms with E-state index in [1.54, 1.807) is 49.6 Å². The van der Waals surface area contributed by atoms with Crippen molar-refractivity contribution < 1.29 is 19.1 Å². The van der Waals surface area contributed by atoms with E-state index < -0.39 is 5.60 Å². The molecule has 0 aliphatic rings. The number of hydrogen-bond donors (Lipinski definition) is 0. The van der Waals surface area contributed by atoms with Crippen LogP contribution in [0.25, 0.3) is 11.1 Å². The van der Waals surface area contributed by atoms with Crippen LogP contribution in [0.4, 0.5) is 0 Å². The molecule has 0 atom stereocenters. The van der Waals surface area contributed by atoms with Gasteiger partial charge in [-0.3, -0.25) is 4.79 Å². The van der Waals surface area contributed by atoms with Crippen molar-refractivity contribution in [2.24, 2.45) is 0 Å². The molecular formula is C19H20O4. The van der Waals surface area contributed by atoms with Crippen molar-refractivity contribution in [2.45, 2.75) is 26.4 Å². The highest BCUT2D eigenvalue weighted by Crippen LogP contribution is 2.27. The molecule has 0 spiro atoms. The minimum atomic E-state index is -0.534. The smallest absolute Gasteiger partial charge is 0.338 e. The van der Waals surface area contributed by atoms with Crippen LogP contribution in [0.1, 0.15) is 41.5 Å². The average Bonchev–Trinajstić information content (AvgIpc) is 2.52. The Labute approximate surface area is 136 Å². The van der Waals surface area contributed by atoms with E-state index in [-0.39, 0.29) is 5.97 Å². The van der Waals surface area contributed by atoms with Gasteiger partial charge in [-0.25, -0.2) is 4.79 Å². The lowest BCUT2D eigenvalue weighted by Gasteiger charge is -2.19. The predicted octanol–water partition coefficient (Wildman–Crippen LogP) is 4.13. The first-order chi connectivity index (χ1) is 10.8. The average molecular weight is 312 g/mol. The van der Waals surface area contributed by atoms with E-state index >= 15 is 0 Å². The summed E-state index contributed by atoms with van der Waals surface area (Å²) >= 11 is 0. The molecule has 4 heteroatoms. The van der Waals surface area contributed by atoms with Gasteiger partial charge in [-0.15, -0.1) is 0 Å². The third kappa shape index (κ3) is 4.19. The van der Waals surface area contributed by atoms with Gasteiger partial charge >= 0.3 is 5.97 Å². The number of methoxy groups -OCH3 is 1. The maximum Gasteiger partial charge on any atom is 0.338 e. The topological polar surface area (TPSA) is 52.6 Å². The second-order valence-electron chi connectivity index (χ2n) is 6.15. The van der Waals surface area contributed by atoms with Crippen LogP contribution < -0.4 is 4.74 Å². The summed E-state index contributed by atoms with van der Waals surface area (Å²) in [6.45, 7) is 5.48. The van der Waals surface area contributed by atoms with Gasteiger partial charge in [0.1, 0.15) is 11.4 Å². The lowest BCUT2D eigenvalue weighted by Crippen LogP contribution is -2.23. The van der Waals surface area contributed by atoms with Crippen molar-refractivity contribution in [3.63, 3.8) is 0 Å². The number of carbonyl (C=O) groups excluding carboxylic acids is 2. The van der Waals surface area contributed by atoms with Crippen LogP contribution in [-0.4, -0.2) is 25.0 Å². The standard InChI is InChI=1S/C19H20O4/c1-19(2,3)23-18(21)14-7-5-13(6-8-14)17-11-16(22-4)10-9-15(17)12-20/h5-12H,1-4H3. The summed E-state index contributed by atoms with van der Waals surface area (Å²) in [7, 11) is 1.57. The quantitative estimate of drug-likeness (QED) is 0.629. The molecule has 2 aromatic rings. The number of ether oxygens (including phenoxy) is 2. The van der Waals surface area contributed by atoms with E-state index in [1.807, 2.05) is 20.8 Å². The summed E-state index contributed by atoms with van der Waals surface area (Å²) in [4.78, 5) is 23.3. The Kier molecular flexibility index (Phi) is 4.84. The Hall–Kier alpha value is -2.62. The highest BCUT2D eigenvalue weighted by molar-refractivity contribution is 5.92. The number of hydrogen-bond acceptors (Lipinski definition) is 4. The molecule has 0 bridgehead atoms. The monoisotopic (exact) mass is 312 g/mol. The van der Waals surface area contributed by atoms with Crippen molar-refractivity contribution in [2.75, 3.05) is 7.11 Å². The van der Waals surface area contributed by atoms with Crippen LogP contribution in [0.3, 0.4) is 0 Å². The van der Waals surface area contributed by atoms with Crippen LogP contribution in [0.15, 0.2) is 42.5 Å². The lowest BCUT2D eigenvalue weighted by molar-refractivity contribution is 0.00695. The first kappa shape index (κ1) is 16.7. The molecule has 0 N–H and O–H groups in total. The Morgan fingerprint density at radius 1 is 1.04 bits per heavy atom. The third-order valence-corrected chi connectivity index (χ3v) is 3.22. The van der Waals surface area contributed by atoms with Gasteiger partial charge in [0.2, 0.25) is 0 Å². The maximum atomic E-state index is 12.0. The summed E-state index contributed by atoms with van der Waals surface area (Å²) in [5.74, 6) is 0.298. The van der Waals surface area contributed by atoms with E-state index in [0.717, 1.165) is 17.4 Å². The highest BCUT2D eigenvalue weighted by atomic mass is 16.6. The summed E-state index contributed by atoms with van der Waals surface area (Å²) < 4.78 is 10.5. The van der Waals surface area contributed by atoms with Gasteiger partial charge in [-0.1, -0.05) is 12.1 Å². The van der Waals surface area contributed by atoms with Crippen LogP contribution >= 0.6 is 0 Å². The van der Waals surface area contributed by atoms with Gasteiger partial charge in [0.15, 0.2) is 6.29 Å². The molecule has 0 aliphatic heterocycles. The molecule has 2 aromatic carbocycles. The van der Waals surface area contributed by atoms with Crippen molar-refractivity contribution >= 4 is 12.3 Å². The van der Waals surface area contributed by atoms with E-state index in [2.05, 4.69) is 0 Å². The summed E-state index contributed by atoms with van der Waals surface area (Å²) in [5, 5.41) is 0. The zero-order valence-corrected chi connectivity index (χ0v) is 13.8. The van der Waals surface area contributed by atoms with Crippen molar-refractivity contribution in [3.05, 3.63) is 53.6 Å². The second kappa shape index (κ2) is 6.65. The lowest BCUT2D eigenvalue weighted by atomic mass is 9.99. The molecule has 0 radical (unpaired) electrons. The number of esters is 1. The van der Waals surface area contributed by atoms with Crippen molar-refractivity contribution in [1.82, 2.24) is 0 Å².